The van der Waals surface area contributed by atoms with Crippen molar-refractivity contribution in [1.82, 2.24) is 19.9 Å². The molecule has 0 N–H and O–H groups in total. The van der Waals surface area contributed by atoms with Crippen molar-refractivity contribution in [1.29, 1.82) is 0 Å². The van der Waals surface area contributed by atoms with Gasteiger partial charge in [0.25, 0.3) is 0 Å². The summed E-state index contributed by atoms with van der Waals surface area (Å²) in [4.78, 5) is 32.8. The quantitative estimate of drug-likeness (QED) is 0.233. The van der Waals surface area contributed by atoms with Crippen LogP contribution in [0.15, 0.2) is 24.8 Å². The minimum atomic E-state index is -0.189. The van der Waals surface area contributed by atoms with E-state index in [0.29, 0.717) is 12.8 Å². The van der Waals surface area contributed by atoms with E-state index < -0.39 is 0 Å². The molecule has 7 heteroatoms. The summed E-state index contributed by atoms with van der Waals surface area (Å²) in [5.41, 5.74) is 16.1. The molecule has 2 aliphatic heterocycles. The smallest absolute Gasteiger partial charge is 0.657 e. The predicted molar refractivity (Wildman–Crippen MR) is 161 cm³/mol. The number of ether oxygens (including phenoxy) is 1. The Morgan fingerprint density at radius 1 is 1.02 bits per heavy atom. The van der Waals surface area contributed by atoms with Crippen molar-refractivity contribution in [2.45, 2.75) is 78.6 Å². The summed E-state index contributed by atoms with van der Waals surface area (Å²) in [5.74, 6) is 0.0594. The fraction of sp³-hybridized carbons (Fsp3) is 0.382. The summed E-state index contributed by atoms with van der Waals surface area (Å²) in [5, 5.41) is 0. The Labute approximate surface area is 251 Å². The molecule has 214 valence electrons. The second-order valence-corrected chi connectivity index (χ2v) is 11.3. The molecule has 0 radical (unpaired) electrons. The fourth-order valence-corrected chi connectivity index (χ4v) is 6.75. The number of hydrogen-bond acceptors (Lipinski definition) is 4. The van der Waals surface area contributed by atoms with Gasteiger partial charge in [0.2, 0.25) is 0 Å². The third-order valence-corrected chi connectivity index (χ3v) is 9.21. The predicted octanol–water partition coefficient (Wildman–Crippen LogP) is 7.11. The standard InChI is InChI=1S/C34H36N4O2.Ni/c1-8-21-17(3)26-14-28-20(6)24(12-13-32(39)40-7)34(37-28)25-11-10-23-19(5)29(38-33(23)25)16-31-22(9-2)18(4)27(36-31)15-30(21)35-26;/h8,14-16,20,24H,1,9-13H2,2-7H3;/q-2;+2/t20-,24-;/m0./s1. The second kappa shape index (κ2) is 11.1. The molecule has 0 amide bonds. The molecule has 0 unspecified atom stereocenters. The van der Waals surface area contributed by atoms with Gasteiger partial charge in [-0.25, -0.2) is 4.98 Å². The number of esters is 1. The summed E-state index contributed by atoms with van der Waals surface area (Å²) in [7, 11) is 1.45. The van der Waals surface area contributed by atoms with Gasteiger partial charge in [-0.15, -0.1) is 22.1 Å². The van der Waals surface area contributed by atoms with E-state index in [2.05, 4.69) is 59.4 Å². The number of carbonyl (C=O) groups excluding carboxylic acids is 1. The molecule has 3 aliphatic rings. The van der Waals surface area contributed by atoms with Gasteiger partial charge in [-0.2, -0.15) is 0 Å². The number of allylic oxidation sites excluding steroid dienone is 2. The van der Waals surface area contributed by atoms with Gasteiger partial charge in [-0.1, -0.05) is 61.4 Å². The first-order valence-electron chi connectivity index (χ1n) is 14.3. The minimum Gasteiger partial charge on any atom is -0.657 e. The van der Waals surface area contributed by atoms with E-state index in [1.807, 2.05) is 6.08 Å². The Balaban J connectivity index is 0.00000337. The molecule has 0 saturated heterocycles. The van der Waals surface area contributed by atoms with Crippen LogP contribution >= 0.6 is 0 Å². The average Bonchev–Trinajstić information content (AvgIpc) is 3.70. The molecule has 5 heterocycles. The van der Waals surface area contributed by atoms with E-state index >= 15 is 0 Å². The average molecular weight is 591 g/mol. The molecule has 3 aromatic rings. The number of fused-ring (bicyclic) bond motifs is 8. The number of aromatic nitrogens is 4. The van der Waals surface area contributed by atoms with Crippen molar-refractivity contribution in [2.24, 2.45) is 0 Å². The maximum Gasteiger partial charge on any atom is 2.00 e. The van der Waals surface area contributed by atoms with Crippen molar-refractivity contribution in [3.05, 3.63) is 75.4 Å². The third kappa shape index (κ3) is 4.68. The van der Waals surface area contributed by atoms with Gasteiger partial charge in [0.1, 0.15) is 0 Å². The number of rotatable bonds is 5. The minimum absolute atomic E-state index is 0. The van der Waals surface area contributed by atoms with Gasteiger partial charge in [0.15, 0.2) is 0 Å². The normalized spacial score (nSPS) is 17.5. The molecule has 0 fully saturated rings. The van der Waals surface area contributed by atoms with E-state index in [1.165, 1.54) is 34.9 Å². The molecule has 1 aliphatic carbocycles. The molecule has 2 atom stereocenters. The van der Waals surface area contributed by atoms with E-state index in [-0.39, 0.29) is 34.3 Å². The maximum absolute atomic E-state index is 12.1. The van der Waals surface area contributed by atoms with Crippen LogP contribution in [0.2, 0.25) is 0 Å². The van der Waals surface area contributed by atoms with Crippen molar-refractivity contribution in [2.75, 3.05) is 7.11 Å². The molecule has 0 spiro atoms. The molecular weight excluding hydrogens is 555 g/mol. The van der Waals surface area contributed by atoms with Crippen molar-refractivity contribution < 1.29 is 26.0 Å². The van der Waals surface area contributed by atoms with Gasteiger partial charge in [0.05, 0.1) is 18.5 Å². The summed E-state index contributed by atoms with van der Waals surface area (Å²) in [6.07, 6.45) is 5.70. The number of aryl methyl sites for hydroxylation is 4. The first-order chi connectivity index (χ1) is 19.2. The summed E-state index contributed by atoms with van der Waals surface area (Å²) in [6.45, 7) is 14.9. The topological polar surface area (TPSA) is 80.3 Å². The maximum atomic E-state index is 12.1. The molecule has 6 nitrogen and oxygen atoms in total. The van der Waals surface area contributed by atoms with E-state index in [0.717, 1.165) is 75.2 Å². The molecule has 0 saturated carbocycles. The van der Waals surface area contributed by atoms with E-state index in [4.69, 9.17) is 24.7 Å². The third-order valence-electron chi connectivity index (χ3n) is 9.21. The van der Waals surface area contributed by atoms with Crippen molar-refractivity contribution >= 4 is 45.3 Å². The fourth-order valence-electron chi connectivity index (χ4n) is 6.75. The largest absolute Gasteiger partial charge is 2.00 e. The van der Waals surface area contributed by atoms with Crippen LogP contribution in [0.1, 0.15) is 102 Å². The Kier molecular flexibility index (Phi) is 7.87. The van der Waals surface area contributed by atoms with Crippen LogP contribution in [0.4, 0.5) is 0 Å². The van der Waals surface area contributed by atoms with Crippen LogP contribution in [0, 0.1) is 13.8 Å². The molecule has 8 bridgehead atoms. The molecule has 0 aromatic carbocycles. The zero-order valence-corrected chi connectivity index (χ0v) is 25.6. The van der Waals surface area contributed by atoms with Crippen LogP contribution in [0.25, 0.3) is 39.3 Å². The first kappa shape index (κ1) is 29.1. The van der Waals surface area contributed by atoms with Crippen LogP contribution in [-0.4, -0.2) is 23.0 Å². The van der Waals surface area contributed by atoms with Crippen LogP contribution in [-0.2, 0) is 38.9 Å². The molecule has 6 rings (SSSR count). The molecule has 3 aromatic heterocycles. The van der Waals surface area contributed by atoms with Crippen LogP contribution in [0.3, 0.4) is 0 Å². The Bertz CT molecular complexity index is 1770. The summed E-state index contributed by atoms with van der Waals surface area (Å²) >= 11 is 0. The number of nitrogens with zero attached hydrogens (tertiary/aromatic N) is 4. The van der Waals surface area contributed by atoms with Gasteiger partial charge in [0, 0.05) is 29.6 Å². The zero-order chi connectivity index (χ0) is 28.3. The van der Waals surface area contributed by atoms with Crippen molar-refractivity contribution in [3.63, 3.8) is 0 Å². The summed E-state index contributed by atoms with van der Waals surface area (Å²) in [6, 6.07) is 6.37. The van der Waals surface area contributed by atoms with Gasteiger partial charge in [-0.05, 0) is 68.7 Å². The van der Waals surface area contributed by atoms with Gasteiger partial charge < -0.3 is 14.7 Å². The van der Waals surface area contributed by atoms with E-state index in [9.17, 15) is 4.79 Å². The molecular formula is C34H36N4NiO2. The Morgan fingerprint density at radius 3 is 2.44 bits per heavy atom. The SMILES string of the molecule is C=Cc1c(C)c2cc3nc(c4c5[n-]c(cc6nc(cc1[n-]2)C(C)=C6CC)c(C)c5CC4)[C@@H](CCC(=O)OC)[C@@H]3C.[Ni+2]. The Hall–Kier alpha value is -3.44. The zero-order valence-electron chi connectivity index (χ0n) is 24.6. The van der Waals surface area contributed by atoms with E-state index in [1.54, 1.807) is 0 Å². The number of methoxy groups -OCH3 is 1. The van der Waals surface area contributed by atoms with Gasteiger partial charge >= 0.3 is 22.5 Å². The summed E-state index contributed by atoms with van der Waals surface area (Å²) < 4.78 is 4.99. The van der Waals surface area contributed by atoms with Crippen LogP contribution < -0.4 is 9.97 Å². The van der Waals surface area contributed by atoms with Gasteiger partial charge in [-0.3, -0.25) is 9.78 Å². The van der Waals surface area contributed by atoms with Crippen LogP contribution in [0.5, 0.6) is 0 Å². The first-order valence-corrected chi connectivity index (χ1v) is 14.3. The van der Waals surface area contributed by atoms with Crippen molar-refractivity contribution in [3.8, 4) is 0 Å². The second-order valence-electron chi connectivity index (χ2n) is 11.3. The molecule has 41 heavy (non-hydrogen) atoms. The monoisotopic (exact) mass is 590 g/mol. The number of carbonyl (C=O) groups is 1. The number of hydrogen-bond donors (Lipinski definition) is 0. The Morgan fingerprint density at radius 2 is 1.73 bits per heavy atom.